The van der Waals surface area contributed by atoms with Crippen LogP contribution >= 0.6 is 0 Å². The van der Waals surface area contributed by atoms with Gasteiger partial charge in [0.05, 0.1) is 30.3 Å². The molecule has 2 aromatic carbocycles. The lowest BCUT2D eigenvalue weighted by Crippen LogP contribution is -2.33. The van der Waals surface area contributed by atoms with E-state index in [9.17, 15) is 22.0 Å². The molecule has 5 rings (SSSR count). The zero-order valence-electron chi connectivity index (χ0n) is 22.9. The molecule has 0 bridgehead atoms. The molecular weight excluding hydrogens is 540 g/mol. The molecule has 3 heterocycles. The van der Waals surface area contributed by atoms with Gasteiger partial charge in [0.25, 0.3) is 10.0 Å². The summed E-state index contributed by atoms with van der Waals surface area (Å²) < 4.78 is 68.6. The van der Waals surface area contributed by atoms with Gasteiger partial charge < -0.3 is 19.3 Å². The number of rotatable bonds is 6. The van der Waals surface area contributed by atoms with E-state index in [0.717, 1.165) is 28.8 Å². The molecular formula is C29H33F2N3O5S. The number of nitrogens with zero attached hydrogens (tertiary/aromatic N) is 3. The molecule has 214 valence electrons. The summed E-state index contributed by atoms with van der Waals surface area (Å²) in [6.45, 7) is 8.21. The molecule has 2 atom stereocenters. The van der Waals surface area contributed by atoms with Gasteiger partial charge in [0.1, 0.15) is 17.2 Å². The minimum absolute atomic E-state index is 0.00587. The van der Waals surface area contributed by atoms with Crippen LogP contribution in [0.1, 0.15) is 26.3 Å². The van der Waals surface area contributed by atoms with Crippen molar-refractivity contribution in [3.8, 4) is 11.3 Å². The predicted octanol–water partition coefficient (Wildman–Crippen LogP) is 5.12. The summed E-state index contributed by atoms with van der Waals surface area (Å²) in [5, 5.41) is 0. The van der Waals surface area contributed by atoms with Crippen molar-refractivity contribution in [3.63, 3.8) is 0 Å². The third-order valence-corrected chi connectivity index (χ3v) is 8.82. The second kappa shape index (κ2) is 10.5. The Morgan fingerprint density at radius 3 is 2.42 bits per heavy atom. The maximum absolute atomic E-state index is 14.9. The molecule has 8 nitrogen and oxygen atoms in total. The summed E-state index contributed by atoms with van der Waals surface area (Å²) in [7, 11) is -2.68. The SMILES string of the molecule is CN(Cc1cc(-c2ccc(F)cc2F)n(S(=O)(=O)c2cccc(N3CC4COCC4C3)c2)c1)C(=O)OC(C)(C)C. The van der Waals surface area contributed by atoms with Gasteiger partial charge in [0.15, 0.2) is 0 Å². The largest absolute Gasteiger partial charge is 0.444 e. The van der Waals surface area contributed by atoms with Gasteiger partial charge in [-0.2, -0.15) is 0 Å². The predicted molar refractivity (Wildman–Crippen MR) is 147 cm³/mol. The van der Waals surface area contributed by atoms with Gasteiger partial charge in [-0.3, -0.25) is 0 Å². The van der Waals surface area contributed by atoms with Crippen LogP contribution in [0.15, 0.2) is 59.6 Å². The van der Waals surface area contributed by atoms with Crippen LogP contribution in [0.4, 0.5) is 19.3 Å². The Balaban J connectivity index is 1.51. The quantitative estimate of drug-likeness (QED) is 0.407. The number of carbonyl (C=O) groups excluding carboxylic acids is 1. The van der Waals surface area contributed by atoms with Gasteiger partial charge in [0, 0.05) is 55.5 Å². The molecule has 0 aliphatic carbocycles. The van der Waals surface area contributed by atoms with Crippen molar-refractivity contribution in [2.75, 3.05) is 38.3 Å². The Labute approximate surface area is 233 Å². The smallest absolute Gasteiger partial charge is 0.410 e. The Bertz CT molecular complexity index is 1520. The first kappa shape index (κ1) is 28.1. The van der Waals surface area contributed by atoms with Crippen molar-refractivity contribution < 1.29 is 31.5 Å². The summed E-state index contributed by atoms with van der Waals surface area (Å²) >= 11 is 0. The molecule has 11 heteroatoms. The zero-order valence-corrected chi connectivity index (χ0v) is 23.7. The fraction of sp³-hybridized carbons (Fsp3) is 0.414. The van der Waals surface area contributed by atoms with E-state index in [1.165, 1.54) is 36.3 Å². The van der Waals surface area contributed by atoms with E-state index in [-0.39, 0.29) is 22.7 Å². The second-order valence-corrected chi connectivity index (χ2v) is 13.3. The van der Waals surface area contributed by atoms with Crippen LogP contribution in [0.3, 0.4) is 0 Å². The topological polar surface area (TPSA) is 81.1 Å². The molecule has 2 aliphatic rings. The third-order valence-electron chi connectivity index (χ3n) is 7.15. The number of aromatic nitrogens is 1. The normalized spacial score (nSPS) is 19.1. The highest BCUT2D eigenvalue weighted by molar-refractivity contribution is 7.90. The summed E-state index contributed by atoms with van der Waals surface area (Å²) in [4.78, 5) is 16.0. The molecule has 2 saturated heterocycles. The Morgan fingerprint density at radius 2 is 1.77 bits per heavy atom. The van der Waals surface area contributed by atoms with Gasteiger partial charge in [-0.25, -0.2) is 26.0 Å². The Morgan fingerprint density at radius 1 is 1.07 bits per heavy atom. The van der Waals surface area contributed by atoms with E-state index >= 15 is 0 Å². The number of hydrogen-bond donors (Lipinski definition) is 0. The highest BCUT2D eigenvalue weighted by atomic mass is 32.2. The molecule has 0 saturated carbocycles. The number of benzene rings is 2. The van der Waals surface area contributed by atoms with Gasteiger partial charge in [-0.15, -0.1) is 0 Å². The number of carbonyl (C=O) groups is 1. The van der Waals surface area contributed by atoms with Crippen molar-refractivity contribution in [1.29, 1.82) is 0 Å². The van der Waals surface area contributed by atoms with Gasteiger partial charge >= 0.3 is 6.09 Å². The lowest BCUT2D eigenvalue weighted by molar-refractivity contribution is 0.0285. The number of ether oxygens (including phenoxy) is 2. The van der Waals surface area contributed by atoms with E-state index in [2.05, 4.69) is 4.90 Å². The monoisotopic (exact) mass is 573 g/mol. The standard InChI is InChI=1S/C29H33F2N3O5S/c1-29(2,3)39-28(35)32(4)13-19-10-27(25-9-8-22(30)11-26(25)31)34(14-19)40(36,37)24-7-5-6-23(12-24)33-15-20-17-38-18-21(20)16-33/h5-12,14,20-21H,13,15-18H2,1-4H3. The van der Waals surface area contributed by atoms with Crippen molar-refractivity contribution >= 4 is 21.8 Å². The van der Waals surface area contributed by atoms with Crippen LogP contribution in [-0.2, 0) is 26.0 Å². The molecule has 0 spiro atoms. The first-order valence-corrected chi connectivity index (χ1v) is 14.5. The number of halogens is 2. The zero-order chi connectivity index (χ0) is 28.8. The molecule has 3 aromatic rings. The van der Waals surface area contributed by atoms with Gasteiger partial charge in [-0.05, 0) is 62.7 Å². The Kier molecular flexibility index (Phi) is 7.39. The van der Waals surface area contributed by atoms with E-state index < -0.39 is 33.4 Å². The van der Waals surface area contributed by atoms with Crippen LogP contribution in [0.5, 0.6) is 0 Å². The number of fused-ring (bicyclic) bond motifs is 1. The molecule has 1 amide bonds. The van der Waals surface area contributed by atoms with Crippen LogP contribution in [-0.4, -0.2) is 62.3 Å². The van der Waals surface area contributed by atoms with Crippen LogP contribution in [0.2, 0.25) is 0 Å². The number of amides is 1. The lowest BCUT2D eigenvalue weighted by atomic mass is 10.0. The minimum Gasteiger partial charge on any atom is -0.444 e. The highest BCUT2D eigenvalue weighted by Gasteiger charge is 2.37. The maximum Gasteiger partial charge on any atom is 0.410 e. The molecule has 2 aliphatic heterocycles. The van der Waals surface area contributed by atoms with Crippen LogP contribution < -0.4 is 4.90 Å². The van der Waals surface area contributed by atoms with Gasteiger partial charge in [0.2, 0.25) is 0 Å². The van der Waals surface area contributed by atoms with Crippen molar-refractivity contribution in [3.05, 3.63) is 71.9 Å². The fourth-order valence-corrected chi connectivity index (χ4v) is 6.64. The average Bonchev–Trinajstić information content (AvgIpc) is 3.58. The van der Waals surface area contributed by atoms with E-state index in [1.807, 2.05) is 6.07 Å². The Hall–Kier alpha value is -3.44. The molecule has 1 aromatic heterocycles. The van der Waals surface area contributed by atoms with E-state index in [0.29, 0.717) is 36.7 Å². The van der Waals surface area contributed by atoms with Crippen LogP contribution in [0, 0.1) is 23.5 Å². The summed E-state index contributed by atoms with van der Waals surface area (Å²) in [6, 6.07) is 11.1. The minimum atomic E-state index is -4.21. The molecule has 40 heavy (non-hydrogen) atoms. The summed E-state index contributed by atoms with van der Waals surface area (Å²) in [6.07, 6.45) is 0.768. The summed E-state index contributed by atoms with van der Waals surface area (Å²) in [5.74, 6) is -0.841. The second-order valence-electron chi connectivity index (χ2n) is 11.5. The van der Waals surface area contributed by atoms with Crippen molar-refractivity contribution in [1.82, 2.24) is 8.87 Å². The first-order valence-electron chi connectivity index (χ1n) is 13.1. The number of hydrogen-bond acceptors (Lipinski definition) is 6. The molecule has 2 unspecified atom stereocenters. The summed E-state index contributed by atoms with van der Waals surface area (Å²) in [5.41, 5.74) is 0.430. The van der Waals surface area contributed by atoms with Crippen molar-refractivity contribution in [2.24, 2.45) is 11.8 Å². The number of anilines is 1. The molecule has 0 radical (unpaired) electrons. The third kappa shape index (κ3) is 5.71. The molecule has 2 fully saturated rings. The lowest BCUT2D eigenvalue weighted by Gasteiger charge is -2.24. The molecule has 0 N–H and O–H groups in total. The van der Waals surface area contributed by atoms with E-state index in [1.54, 1.807) is 32.9 Å². The van der Waals surface area contributed by atoms with Crippen LogP contribution in [0.25, 0.3) is 11.3 Å². The first-order chi connectivity index (χ1) is 18.8. The average molecular weight is 574 g/mol. The fourth-order valence-electron chi connectivity index (χ4n) is 5.21. The van der Waals surface area contributed by atoms with Crippen molar-refractivity contribution in [2.45, 2.75) is 37.8 Å². The van der Waals surface area contributed by atoms with Gasteiger partial charge in [-0.1, -0.05) is 6.07 Å². The van der Waals surface area contributed by atoms with E-state index in [4.69, 9.17) is 9.47 Å². The maximum atomic E-state index is 14.9. The highest BCUT2D eigenvalue weighted by Crippen LogP contribution is 2.35.